The van der Waals surface area contributed by atoms with Crippen molar-refractivity contribution >= 4 is 16.8 Å². The molecule has 0 aliphatic carbocycles. The Morgan fingerprint density at radius 3 is 3.06 bits per heavy atom. The van der Waals surface area contributed by atoms with E-state index in [4.69, 9.17) is 6.42 Å². The molecule has 2 N–H and O–H groups in total. The van der Waals surface area contributed by atoms with Crippen molar-refractivity contribution in [3.63, 3.8) is 0 Å². The summed E-state index contributed by atoms with van der Waals surface area (Å²) in [6.45, 7) is 2.04. The Hall–Kier alpha value is -2.21. The first-order valence-corrected chi connectivity index (χ1v) is 6.08. The Morgan fingerprint density at radius 1 is 1.50 bits per heavy atom. The summed E-state index contributed by atoms with van der Waals surface area (Å²) in [7, 11) is 0. The zero-order chi connectivity index (χ0) is 13.0. The van der Waals surface area contributed by atoms with Crippen LogP contribution < -0.4 is 5.32 Å². The van der Waals surface area contributed by atoms with Gasteiger partial charge in [0.2, 0.25) is 0 Å². The van der Waals surface area contributed by atoms with Gasteiger partial charge in [-0.25, -0.2) is 0 Å². The number of terminal acetylenes is 1. The second-order valence-corrected chi connectivity index (χ2v) is 4.26. The molecule has 1 aromatic carbocycles. The molecule has 1 heterocycles. The monoisotopic (exact) mass is 240 g/mol. The van der Waals surface area contributed by atoms with Crippen LogP contribution in [-0.4, -0.2) is 16.9 Å². The van der Waals surface area contributed by atoms with Crippen molar-refractivity contribution in [1.82, 2.24) is 10.3 Å². The minimum atomic E-state index is -0.190. The van der Waals surface area contributed by atoms with Gasteiger partial charge in [-0.15, -0.1) is 6.42 Å². The maximum Gasteiger partial charge on any atom is 0.252 e. The van der Waals surface area contributed by atoms with Crippen LogP contribution in [0, 0.1) is 12.3 Å². The van der Waals surface area contributed by atoms with E-state index >= 15 is 0 Å². The molecule has 0 saturated heterocycles. The maximum absolute atomic E-state index is 12.0. The quantitative estimate of drug-likeness (QED) is 0.793. The van der Waals surface area contributed by atoms with Gasteiger partial charge in [0.15, 0.2) is 0 Å². The molecule has 3 nitrogen and oxygen atoms in total. The molecule has 3 heteroatoms. The predicted octanol–water partition coefficient (Wildman–Crippen LogP) is 2.70. The summed E-state index contributed by atoms with van der Waals surface area (Å²) in [5, 5.41) is 3.88. The van der Waals surface area contributed by atoms with Crippen molar-refractivity contribution in [1.29, 1.82) is 0 Å². The Bertz CT molecular complexity index is 592. The van der Waals surface area contributed by atoms with Crippen LogP contribution in [0.3, 0.4) is 0 Å². The van der Waals surface area contributed by atoms with Gasteiger partial charge in [0.05, 0.1) is 6.04 Å². The summed E-state index contributed by atoms with van der Waals surface area (Å²) >= 11 is 0. The lowest BCUT2D eigenvalue weighted by molar-refractivity contribution is 0.0944. The summed E-state index contributed by atoms with van der Waals surface area (Å²) in [5.74, 6) is 2.48. The number of carbonyl (C=O) groups is 1. The van der Waals surface area contributed by atoms with E-state index in [0.29, 0.717) is 5.56 Å². The highest BCUT2D eigenvalue weighted by molar-refractivity contribution is 5.98. The molecule has 0 radical (unpaired) electrons. The lowest BCUT2D eigenvalue weighted by Gasteiger charge is -2.11. The zero-order valence-electron chi connectivity index (χ0n) is 10.4. The standard InChI is InChI=1S/C15H16N2O/c1-3-5-13(4-2)17-15(18)12-6-7-14-11(10-12)8-9-16-14/h2,6-10,13,16H,3,5H2,1H3,(H,17,18). The van der Waals surface area contributed by atoms with Crippen molar-refractivity contribution < 1.29 is 4.79 Å². The molecular formula is C15H16N2O. The third-order valence-electron chi connectivity index (χ3n) is 2.90. The molecule has 0 spiro atoms. The number of nitrogens with one attached hydrogen (secondary N) is 2. The Labute approximate surface area is 107 Å². The largest absolute Gasteiger partial charge is 0.361 e. The molecule has 2 rings (SSSR count). The SMILES string of the molecule is C#CC(CCC)NC(=O)c1ccc2[nH]ccc2c1. The van der Waals surface area contributed by atoms with Gasteiger partial charge in [0.1, 0.15) is 0 Å². The maximum atomic E-state index is 12.0. The number of aromatic amines is 1. The molecule has 0 aliphatic heterocycles. The molecule has 0 saturated carbocycles. The van der Waals surface area contributed by atoms with Gasteiger partial charge in [-0.05, 0) is 30.7 Å². The summed E-state index contributed by atoms with van der Waals surface area (Å²) in [4.78, 5) is 15.1. The van der Waals surface area contributed by atoms with Crippen molar-refractivity contribution in [3.8, 4) is 12.3 Å². The fraction of sp³-hybridized carbons (Fsp3) is 0.267. The second-order valence-electron chi connectivity index (χ2n) is 4.26. The van der Waals surface area contributed by atoms with Crippen LogP contribution in [0.1, 0.15) is 30.1 Å². The summed E-state index contributed by atoms with van der Waals surface area (Å²) in [5.41, 5.74) is 1.66. The van der Waals surface area contributed by atoms with Crippen molar-refractivity contribution in [2.45, 2.75) is 25.8 Å². The summed E-state index contributed by atoms with van der Waals surface area (Å²) < 4.78 is 0. The number of fused-ring (bicyclic) bond motifs is 1. The third kappa shape index (κ3) is 2.54. The van der Waals surface area contributed by atoms with Crippen LogP contribution >= 0.6 is 0 Å². The van der Waals surface area contributed by atoms with E-state index in [-0.39, 0.29) is 11.9 Å². The molecular weight excluding hydrogens is 224 g/mol. The topological polar surface area (TPSA) is 44.9 Å². The molecule has 1 atom stereocenters. The van der Waals surface area contributed by atoms with E-state index < -0.39 is 0 Å². The fourth-order valence-electron chi connectivity index (χ4n) is 1.92. The average molecular weight is 240 g/mol. The van der Waals surface area contributed by atoms with Crippen LogP contribution in [0.4, 0.5) is 0 Å². The van der Waals surface area contributed by atoms with Gasteiger partial charge in [-0.3, -0.25) is 4.79 Å². The summed E-state index contributed by atoms with van der Waals surface area (Å²) in [6, 6.07) is 7.31. The number of hydrogen-bond donors (Lipinski definition) is 2. The lowest BCUT2D eigenvalue weighted by atomic mass is 10.1. The molecule has 1 aromatic heterocycles. The molecule has 1 unspecified atom stereocenters. The number of aromatic nitrogens is 1. The molecule has 1 amide bonds. The highest BCUT2D eigenvalue weighted by Crippen LogP contribution is 2.14. The van der Waals surface area contributed by atoms with Gasteiger partial charge < -0.3 is 10.3 Å². The Balaban J connectivity index is 2.15. The minimum absolute atomic E-state index is 0.116. The zero-order valence-corrected chi connectivity index (χ0v) is 10.4. The van der Waals surface area contributed by atoms with Gasteiger partial charge in [0.25, 0.3) is 5.91 Å². The molecule has 0 bridgehead atoms. The number of rotatable bonds is 4. The number of hydrogen-bond acceptors (Lipinski definition) is 1. The number of benzene rings is 1. The molecule has 92 valence electrons. The highest BCUT2D eigenvalue weighted by Gasteiger charge is 2.11. The fourth-order valence-corrected chi connectivity index (χ4v) is 1.92. The van der Waals surface area contributed by atoms with Crippen LogP contribution in [0.15, 0.2) is 30.5 Å². The first-order valence-electron chi connectivity index (χ1n) is 6.08. The van der Waals surface area contributed by atoms with Gasteiger partial charge in [0, 0.05) is 22.7 Å². The average Bonchev–Trinajstić information content (AvgIpc) is 2.85. The summed E-state index contributed by atoms with van der Waals surface area (Å²) in [6.07, 6.45) is 8.99. The smallest absolute Gasteiger partial charge is 0.252 e. The predicted molar refractivity (Wildman–Crippen MR) is 73.3 cm³/mol. The minimum Gasteiger partial charge on any atom is -0.361 e. The molecule has 0 fully saturated rings. The van der Waals surface area contributed by atoms with E-state index in [0.717, 1.165) is 23.7 Å². The van der Waals surface area contributed by atoms with Gasteiger partial charge in [-0.2, -0.15) is 0 Å². The number of carbonyl (C=O) groups excluding carboxylic acids is 1. The molecule has 18 heavy (non-hydrogen) atoms. The van der Waals surface area contributed by atoms with Crippen LogP contribution in [-0.2, 0) is 0 Å². The third-order valence-corrected chi connectivity index (χ3v) is 2.90. The van der Waals surface area contributed by atoms with Crippen LogP contribution in [0.5, 0.6) is 0 Å². The normalized spacial score (nSPS) is 12.0. The van der Waals surface area contributed by atoms with E-state index in [1.165, 1.54) is 0 Å². The van der Waals surface area contributed by atoms with E-state index in [2.05, 4.69) is 16.2 Å². The first kappa shape index (κ1) is 12.3. The van der Waals surface area contributed by atoms with Crippen molar-refractivity contribution in [2.24, 2.45) is 0 Å². The van der Waals surface area contributed by atoms with Crippen molar-refractivity contribution in [3.05, 3.63) is 36.0 Å². The second kappa shape index (κ2) is 5.42. The lowest BCUT2D eigenvalue weighted by Crippen LogP contribution is -2.33. The van der Waals surface area contributed by atoms with E-state index in [9.17, 15) is 4.79 Å². The number of amides is 1. The van der Waals surface area contributed by atoms with E-state index in [1.54, 1.807) is 6.07 Å². The van der Waals surface area contributed by atoms with Crippen molar-refractivity contribution in [2.75, 3.05) is 0 Å². The molecule has 0 aliphatic rings. The van der Waals surface area contributed by atoms with Gasteiger partial charge >= 0.3 is 0 Å². The van der Waals surface area contributed by atoms with Gasteiger partial charge in [-0.1, -0.05) is 19.3 Å². The van der Waals surface area contributed by atoms with E-state index in [1.807, 2.05) is 31.3 Å². The first-order chi connectivity index (χ1) is 8.74. The van der Waals surface area contributed by atoms with Crippen LogP contribution in [0.2, 0.25) is 0 Å². The Kier molecular flexibility index (Phi) is 3.69. The number of H-pyrrole nitrogens is 1. The Morgan fingerprint density at radius 2 is 2.33 bits per heavy atom. The molecule has 2 aromatic rings. The highest BCUT2D eigenvalue weighted by atomic mass is 16.1. The van der Waals surface area contributed by atoms with Crippen LogP contribution in [0.25, 0.3) is 10.9 Å².